The fourth-order valence-electron chi connectivity index (χ4n) is 3.06. The molecule has 3 rings (SSSR count). The number of hydrogen-bond acceptors (Lipinski definition) is 5. The van der Waals surface area contributed by atoms with Crippen molar-refractivity contribution in [3.8, 4) is 11.4 Å². The van der Waals surface area contributed by atoms with E-state index in [0.29, 0.717) is 0 Å². The molecular formula is C16H22N4OS. The molecular weight excluding hydrogens is 296 g/mol. The number of nitrogens with one attached hydrogen (secondary N) is 1. The third-order valence-electron chi connectivity index (χ3n) is 4.31. The van der Waals surface area contributed by atoms with Gasteiger partial charge in [-0.1, -0.05) is 0 Å². The van der Waals surface area contributed by atoms with Crippen LogP contribution in [0.15, 0.2) is 5.38 Å². The van der Waals surface area contributed by atoms with E-state index in [4.69, 9.17) is 4.98 Å². The predicted molar refractivity (Wildman–Crippen MR) is 91.1 cm³/mol. The maximum atomic E-state index is 11.8. The Morgan fingerprint density at radius 3 is 2.55 bits per heavy atom. The number of aromatic nitrogens is 2. The second-order valence-electron chi connectivity index (χ2n) is 5.99. The smallest absolute Gasteiger partial charge is 0.186 e. The summed E-state index contributed by atoms with van der Waals surface area (Å²) in [6, 6.07) is 0. The number of aromatic amines is 1. The fraction of sp³-hybridized carbons (Fsp3) is 0.500. The van der Waals surface area contributed by atoms with Gasteiger partial charge in [0.2, 0.25) is 0 Å². The Morgan fingerprint density at radius 2 is 1.95 bits per heavy atom. The number of carbonyl (C=O) groups excluding carboxylic acids is 1. The molecule has 1 fully saturated rings. The highest BCUT2D eigenvalue weighted by Crippen LogP contribution is 2.31. The van der Waals surface area contributed by atoms with Gasteiger partial charge in [-0.05, 0) is 33.4 Å². The van der Waals surface area contributed by atoms with Gasteiger partial charge < -0.3 is 14.8 Å². The zero-order chi connectivity index (χ0) is 15.9. The molecule has 0 amide bonds. The average molecular weight is 318 g/mol. The molecule has 0 atom stereocenters. The highest BCUT2D eigenvalue weighted by molar-refractivity contribution is 7.14. The van der Waals surface area contributed by atoms with Crippen LogP contribution < -0.4 is 4.90 Å². The van der Waals surface area contributed by atoms with E-state index in [9.17, 15) is 4.79 Å². The first-order valence-electron chi connectivity index (χ1n) is 7.57. The maximum absolute atomic E-state index is 11.8. The molecule has 118 valence electrons. The lowest BCUT2D eigenvalue weighted by Gasteiger charge is -2.32. The van der Waals surface area contributed by atoms with Crippen molar-refractivity contribution in [3.05, 3.63) is 22.2 Å². The number of piperazine rings is 1. The minimum atomic E-state index is 0.104. The lowest BCUT2D eigenvalue weighted by molar-refractivity contribution is 0.101. The molecule has 0 aromatic carbocycles. The standard InChI is InChI=1S/C16H22N4OS/c1-10-14(12(3)21)11(2)17-15(10)13-9-22-16(18-13)20-7-5-19(4)6-8-20/h9,17H,5-8H2,1-4H3. The van der Waals surface area contributed by atoms with Crippen molar-refractivity contribution < 1.29 is 4.79 Å². The molecule has 1 aliphatic heterocycles. The van der Waals surface area contributed by atoms with Gasteiger partial charge in [-0.2, -0.15) is 0 Å². The van der Waals surface area contributed by atoms with Crippen molar-refractivity contribution in [1.29, 1.82) is 0 Å². The quantitative estimate of drug-likeness (QED) is 0.884. The van der Waals surface area contributed by atoms with E-state index in [1.807, 2.05) is 13.8 Å². The summed E-state index contributed by atoms with van der Waals surface area (Å²) in [5, 5.41) is 3.15. The van der Waals surface area contributed by atoms with Gasteiger partial charge >= 0.3 is 0 Å². The van der Waals surface area contributed by atoms with Gasteiger partial charge in [-0.3, -0.25) is 4.79 Å². The van der Waals surface area contributed by atoms with Crippen LogP contribution in [0.3, 0.4) is 0 Å². The number of carbonyl (C=O) groups is 1. The maximum Gasteiger partial charge on any atom is 0.186 e. The first-order chi connectivity index (χ1) is 10.5. The number of ketones is 1. The van der Waals surface area contributed by atoms with Gasteiger partial charge in [0, 0.05) is 42.8 Å². The summed E-state index contributed by atoms with van der Waals surface area (Å²) >= 11 is 1.68. The average Bonchev–Trinajstić information content (AvgIpc) is 3.04. The van der Waals surface area contributed by atoms with Crippen LogP contribution in [0.2, 0.25) is 0 Å². The van der Waals surface area contributed by atoms with Gasteiger partial charge in [0.1, 0.15) is 5.69 Å². The Bertz CT molecular complexity index is 695. The summed E-state index contributed by atoms with van der Waals surface area (Å²) in [7, 11) is 2.15. The molecule has 0 aliphatic carbocycles. The van der Waals surface area contributed by atoms with Gasteiger partial charge in [-0.15, -0.1) is 11.3 Å². The van der Waals surface area contributed by atoms with Crippen LogP contribution >= 0.6 is 11.3 Å². The summed E-state index contributed by atoms with van der Waals surface area (Å²) in [4.78, 5) is 24.6. The Labute approximate surface area is 135 Å². The number of nitrogens with zero attached hydrogens (tertiary/aromatic N) is 3. The molecule has 1 aliphatic rings. The van der Waals surface area contributed by atoms with E-state index in [1.54, 1.807) is 18.3 Å². The third-order valence-corrected chi connectivity index (χ3v) is 5.21. The van der Waals surface area contributed by atoms with Gasteiger partial charge in [-0.25, -0.2) is 4.98 Å². The highest BCUT2D eigenvalue weighted by atomic mass is 32.1. The van der Waals surface area contributed by atoms with Crippen LogP contribution in [0.4, 0.5) is 5.13 Å². The lowest BCUT2D eigenvalue weighted by atomic mass is 10.1. The Hall–Kier alpha value is -1.66. The van der Waals surface area contributed by atoms with Crippen LogP contribution in [-0.2, 0) is 0 Å². The largest absolute Gasteiger partial charge is 0.356 e. The summed E-state index contributed by atoms with van der Waals surface area (Å²) in [6.45, 7) is 9.74. The molecule has 3 heterocycles. The van der Waals surface area contributed by atoms with Crippen molar-refractivity contribution in [3.63, 3.8) is 0 Å². The highest BCUT2D eigenvalue weighted by Gasteiger charge is 2.20. The molecule has 0 radical (unpaired) electrons. The van der Waals surface area contributed by atoms with Crippen molar-refractivity contribution in [2.24, 2.45) is 0 Å². The van der Waals surface area contributed by atoms with Gasteiger partial charge in [0.15, 0.2) is 10.9 Å². The Balaban J connectivity index is 1.88. The van der Waals surface area contributed by atoms with E-state index >= 15 is 0 Å². The van der Waals surface area contributed by atoms with Crippen LogP contribution in [0.5, 0.6) is 0 Å². The van der Waals surface area contributed by atoms with Crippen LogP contribution in [-0.4, -0.2) is 53.9 Å². The molecule has 0 bridgehead atoms. The molecule has 6 heteroatoms. The number of thiazole rings is 1. The molecule has 2 aromatic heterocycles. The van der Waals surface area contributed by atoms with E-state index in [-0.39, 0.29) is 5.78 Å². The van der Waals surface area contributed by atoms with Crippen molar-refractivity contribution in [2.45, 2.75) is 20.8 Å². The Morgan fingerprint density at radius 1 is 1.27 bits per heavy atom. The molecule has 22 heavy (non-hydrogen) atoms. The predicted octanol–water partition coefficient (Wildman–Crippen LogP) is 2.71. The minimum absolute atomic E-state index is 0.104. The van der Waals surface area contributed by atoms with Crippen LogP contribution in [0.25, 0.3) is 11.4 Å². The van der Waals surface area contributed by atoms with Crippen LogP contribution in [0.1, 0.15) is 28.5 Å². The second-order valence-corrected chi connectivity index (χ2v) is 6.82. The third kappa shape index (κ3) is 2.68. The molecule has 2 aromatic rings. The van der Waals surface area contributed by atoms with E-state index < -0.39 is 0 Å². The first kappa shape index (κ1) is 15.2. The molecule has 0 saturated carbocycles. The summed E-state index contributed by atoms with van der Waals surface area (Å²) in [5.74, 6) is 0.104. The number of Topliss-reactive ketones (excluding diaryl/α,β-unsaturated/α-hetero) is 1. The topological polar surface area (TPSA) is 52.2 Å². The number of likely N-dealkylation sites (N-methyl/N-ethyl adjacent to an activating group) is 1. The number of H-pyrrole nitrogens is 1. The van der Waals surface area contributed by atoms with Gasteiger partial charge in [0.25, 0.3) is 0 Å². The lowest BCUT2D eigenvalue weighted by Crippen LogP contribution is -2.44. The van der Waals surface area contributed by atoms with Crippen molar-refractivity contribution in [2.75, 3.05) is 38.1 Å². The zero-order valence-electron chi connectivity index (χ0n) is 13.6. The normalized spacial score (nSPS) is 16.3. The number of aryl methyl sites for hydroxylation is 1. The number of anilines is 1. The fourth-order valence-corrected chi connectivity index (χ4v) is 3.93. The van der Waals surface area contributed by atoms with E-state index in [2.05, 4.69) is 27.2 Å². The van der Waals surface area contributed by atoms with E-state index in [0.717, 1.165) is 59.5 Å². The van der Waals surface area contributed by atoms with Crippen molar-refractivity contribution in [1.82, 2.24) is 14.9 Å². The molecule has 0 spiro atoms. The molecule has 5 nitrogen and oxygen atoms in total. The SMILES string of the molecule is CC(=O)c1c(C)[nH]c(-c2csc(N3CCN(C)CC3)n2)c1C. The molecule has 1 N–H and O–H groups in total. The number of hydrogen-bond donors (Lipinski definition) is 1. The monoisotopic (exact) mass is 318 g/mol. The summed E-state index contributed by atoms with van der Waals surface area (Å²) in [6.07, 6.45) is 0. The minimum Gasteiger partial charge on any atom is -0.356 e. The molecule has 0 unspecified atom stereocenters. The second kappa shape index (κ2) is 5.85. The number of rotatable bonds is 3. The van der Waals surface area contributed by atoms with Crippen LogP contribution in [0, 0.1) is 13.8 Å². The van der Waals surface area contributed by atoms with Crippen molar-refractivity contribution >= 4 is 22.3 Å². The van der Waals surface area contributed by atoms with Gasteiger partial charge in [0.05, 0.1) is 5.69 Å². The summed E-state index contributed by atoms with van der Waals surface area (Å²) < 4.78 is 0. The first-order valence-corrected chi connectivity index (χ1v) is 8.45. The zero-order valence-corrected chi connectivity index (χ0v) is 14.4. The van der Waals surface area contributed by atoms with E-state index in [1.165, 1.54) is 0 Å². The Kier molecular flexibility index (Phi) is 4.06. The molecule has 1 saturated heterocycles. The summed E-state index contributed by atoms with van der Waals surface area (Å²) in [5.41, 5.74) is 4.63.